The topological polar surface area (TPSA) is 41.7 Å². The molecule has 0 saturated carbocycles. The van der Waals surface area contributed by atoms with Gasteiger partial charge in [-0.2, -0.15) is 0 Å². The van der Waals surface area contributed by atoms with Crippen LogP contribution in [0.15, 0.2) is 18.2 Å². The van der Waals surface area contributed by atoms with Crippen LogP contribution in [-0.4, -0.2) is 55.2 Å². The number of likely N-dealkylation sites (tertiary alicyclic amines) is 1. The summed E-state index contributed by atoms with van der Waals surface area (Å²) in [6.07, 6.45) is 1.17. The van der Waals surface area contributed by atoms with E-state index in [0.717, 1.165) is 50.5 Å². The number of hydrogen-bond donors (Lipinski definition) is 1. The number of morpholine rings is 1. The van der Waals surface area contributed by atoms with E-state index in [1.54, 1.807) is 6.07 Å². The van der Waals surface area contributed by atoms with E-state index < -0.39 is 0 Å². The summed E-state index contributed by atoms with van der Waals surface area (Å²) in [7, 11) is 0. The van der Waals surface area contributed by atoms with Crippen molar-refractivity contribution in [3.8, 4) is 0 Å². The molecular weight excluding hydrogens is 269 g/mol. The molecule has 1 aromatic rings. The SMILES string of the molecule is NCc1ccc(CN2CCC(N3CCOCC3)C2)c(F)c1. The molecule has 4 nitrogen and oxygen atoms in total. The Labute approximate surface area is 125 Å². The van der Waals surface area contributed by atoms with E-state index >= 15 is 0 Å². The van der Waals surface area contributed by atoms with Gasteiger partial charge in [-0.3, -0.25) is 9.80 Å². The van der Waals surface area contributed by atoms with Crippen molar-refractivity contribution in [2.45, 2.75) is 25.6 Å². The molecular formula is C16H24FN3O. The average molecular weight is 293 g/mol. The molecule has 0 aromatic heterocycles. The summed E-state index contributed by atoms with van der Waals surface area (Å²) in [5, 5.41) is 0. The maximum atomic E-state index is 14.0. The first-order valence-electron chi connectivity index (χ1n) is 7.78. The average Bonchev–Trinajstić information content (AvgIpc) is 2.99. The highest BCUT2D eigenvalue weighted by molar-refractivity contribution is 5.24. The summed E-state index contributed by atoms with van der Waals surface area (Å²) in [6.45, 7) is 6.88. The molecule has 0 amide bonds. The van der Waals surface area contributed by atoms with E-state index in [2.05, 4.69) is 9.80 Å². The van der Waals surface area contributed by atoms with Gasteiger partial charge >= 0.3 is 0 Å². The summed E-state index contributed by atoms with van der Waals surface area (Å²) >= 11 is 0. The maximum absolute atomic E-state index is 14.0. The molecule has 0 radical (unpaired) electrons. The monoisotopic (exact) mass is 293 g/mol. The minimum Gasteiger partial charge on any atom is -0.379 e. The molecule has 2 saturated heterocycles. The van der Waals surface area contributed by atoms with Crippen LogP contribution >= 0.6 is 0 Å². The first kappa shape index (κ1) is 14.9. The van der Waals surface area contributed by atoms with Crippen molar-refractivity contribution >= 4 is 0 Å². The summed E-state index contributed by atoms with van der Waals surface area (Å²) in [4.78, 5) is 4.86. The Hall–Kier alpha value is -1.01. The Morgan fingerprint density at radius 2 is 2.05 bits per heavy atom. The molecule has 2 aliphatic rings. The van der Waals surface area contributed by atoms with Crippen molar-refractivity contribution in [2.24, 2.45) is 5.73 Å². The van der Waals surface area contributed by atoms with Gasteiger partial charge in [-0.05, 0) is 18.1 Å². The van der Waals surface area contributed by atoms with Crippen LogP contribution in [0.5, 0.6) is 0 Å². The van der Waals surface area contributed by atoms with Crippen molar-refractivity contribution in [2.75, 3.05) is 39.4 Å². The lowest BCUT2D eigenvalue weighted by Crippen LogP contribution is -2.44. The van der Waals surface area contributed by atoms with Crippen LogP contribution in [0.1, 0.15) is 17.5 Å². The molecule has 5 heteroatoms. The highest BCUT2D eigenvalue weighted by Crippen LogP contribution is 2.20. The largest absolute Gasteiger partial charge is 0.379 e. The molecule has 2 fully saturated rings. The van der Waals surface area contributed by atoms with Gasteiger partial charge in [0.25, 0.3) is 0 Å². The van der Waals surface area contributed by atoms with E-state index in [9.17, 15) is 4.39 Å². The van der Waals surface area contributed by atoms with Crippen LogP contribution in [0.25, 0.3) is 0 Å². The Kier molecular flexibility index (Phi) is 4.85. The lowest BCUT2D eigenvalue weighted by molar-refractivity contribution is 0.0183. The van der Waals surface area contributed by atoms with Crippen molar-refractivity contribution in [1.29, 1.82) is 0 Å². The number of ether oxygens (including phenoxy) is 1. The fourth-order valence-corrected chi connectivity index (χ4v) is 3.28. The number of hydrogen-bond acceptors (Lipinski definition) is 4. The second-order valence-corrected chi connectivity index (χ2v) is 5.96. The minimum atomic E-state index is -0.132. The molecule has 0 aliphatic carbocycles. The second kappa shape index (κ2) is 6.83. The molecule has 21 heavy (non-hydrogen) atoms. The number of benzene rings is 1. The van der Waals surface area contributed by atoms with Crippen LogP contribution in [-0.2, 0) is 17.8 Å². The van der Waals surface area contributed by atoms with Gasteiger partial charge in [-0.1, -0.05) is 12.1 Å². The van der Waals surface area contributed by atoms with Gasteiger partial charge in [0.15, 0.2) is 0 Å². The molecule has 0 spiro atoms. The van der Waals surface area contributed by atoms with E-state index in [1.165, 1.54) is 6.42 Å². The zero-order valence-corrected chi connectivity index (χ0v) is 12.4. The molecule has 2 aliphatic heterocycles. The molecule has 0 bridgehead atoms. The van der Waals surface area contributed by atoms with Gasteiger partial charge < -0.3 is 10.5 Å². The molecule has 3 rings (SSSR count). The third kappa shape index (κ3) is 3.61. The standard InChI is InChI=1S/C16H24FN3O/c17-16-9-13(10-18)1-2-14(16)11-19-4-3-15(12-19)20-5-7-21-8-6-20/h1-2,9,15H,3-8,10-12,18H2. The van der Waals surface area contributed by atoms with E-state index in [4.69, 9.17) is 10.5 Å². The summed E-state index contributed by atoms with van der Waals surface area (Å²) < 4.78 is 19.4. The molecule has 1 atom stereocenters. The van der Waals surface area contributed by atoms with Crippen LogP contribution in [0.4, 0.5) is 4.39 Å². The quantitative estimate of drug-likeness (QED) is 0.905. The van der Waals surface area contributed by atoms with Crippen molar-refractivity contribution in [3.05, 3.63) is 35.1 Å². The third-order valence-corrected chi connectivity index (χ3v) is 4.56. The van der Waals surface area contributed by atoms with Crippen LogP contribution < -0.4 is 5.73 Å². The first-order valence-corrected chi connectivity index (χ1v) is 7.78. The molecule has 116 valence electrons. The van der Waals surface area contributed by atoms with Gasteiger partial charge in [-0.25, -0.2) is 4.39 Å². The van der Waals surface area contributed by atoms with E-state index in [1.807, 2.05) is 12.1 Å². The van der Waals surface area contributed by atoms with Crippen LogP contribution in [0, 0.1) is 5.82 Å². The van der Waals surface area contributed by atoms with Crippen molar-refractivity contribution in [1.82, 2.24) is 9.80 Å². The Balaban J connectivity index is 1.56. The predicted octanol–water partition coefficient (Wildman–Crippen LogP) is 1.19. The number of nitrogens with two attached hydrogens (primary N) is 1. The highest BCUT2D eigenvalue weighted by atomic mass is 19.1. The fourth-order valence-electron chi connectivity index (χ4n) is 3.28. The molecule has 2 N–H and O–H groups in total. The van der Waals surface area contributed by atoms with Crippen molar-refractivity contribution in [3.63, 3.8) is 0 Å². The highest BCUT2D eigenvalue weighted by Gasteiger charge is 2.28. The number of rotatable bonds is 4. The zero-order valence-electron chi connectivity index (χ0n) is 12.4. The maximum Gasteiger partial charge on any atom is 0.128 e. The first-order chi connectivity index (χ1) is 10.3. The Morgan fingerprint density at radius 1 is 1.24 bits per heavy atom. The van der Waals surface area contributed by atoms with Gasteiger partial charge in [0.1, 0.15) is 5.82 Å². The lowest BCUT2D eigenvalue weighted by atomic mass is 10.1. The normalized spacial score (nSPS) is 24.6. The van der Waals surface area contributed by atoms with Gasteiger partial charge in [0, 0.05) is 50.9 Å². The molecule has 2 heterocycles. The van der Waals surface area contributed by atoms with Crippen molar-refractivity contribution < 1.29 is 9.13 Å². The fraction of sp³-hybridized carbons (Fsp3) is 0.625. The summed E-state index contributed by atoms with van der Waals surface area (Å²) in [5.74, 6) is -0.132. The lowest BCUT2D eigenvalue weighted by Gasteiger charge is -2.32. The predicted molar refractivity (Wildman–Crippen MR) is 80.4 cm³/mol. The molecule has 1 unspecified atom stereocenters. The Bertz CT molecular complexity index is 477. The van der Waals surface area contributed by atoms with Crippen LogP contribution in [0.2, 0.25) is 0 Å². The van der Waals surface area contributed by atoms with Gasteiger partial charge in [-0.15, -0.1) is 0 Å². The van der Waals surface area contributed by atoms with E-state index in [0.29, 0.717) is 19.1 Å². The summed E-state index contributed by atoms with van der Waals surface area (Å²) in [6, 6.07) is 5.96. The third-order valence-electron chi connectivity index (χ3n) is 4.56. The number of halogens is 1. The van der Waals surface area contributed by atoms with Gasteiger partial charge in [0.2, 0.25) is 0 Å². The van der Waals surface area contributed by atoms with Gasteiger partial charge in [0.05, 0.1) is 13.2 Å². The van der Waals surface area contributed by atoms with Crippen LogP contribution in [0.3, 0.4) is 0 Å². The zero-order chi connectivity index (χ0) is 14.7. The number of nitrogens with zero attached hydrogens (tertiary/aromatic N) is 2. The second-order valence-electron chi connectivity index (χ2n) is 5.96. The summed E-state index contributed by atoms with van der Waals surface area (Å²) in [5.41, 5.74) is 7.16. The van der Waals surface area contributed by atoms with E-state index in [-0.39, 0.29) is 5.82 Å². The molecule has 1 aromatic carbocycles. The minimum absolute atomic E-state index is 0.132. The smallest absolute Gasteiger partial charge is 0.128 e. The Morgan fingerprint density at radius 3 is 2.76 bits per heavy atom.